The summed E-state index contributed by atoms with van der Waals surface area (Å²) >= 11 is 1.30. The summed E-state index contributed by atoms with van der Waals surface area (Å²) in [6.07, 6.45) is 3.97. The molecule has 0 spiro atoms. The quantitative estimate of drug-likeness (QED) is 0.391. The van der Waals surface area contributed by atoms with E-state index in [0.29, 0.717) is 26.5 Å². The molecule has 0 aliphatic heterocycles. The molecule has 8 heteroatoms. The summed E-state index contributed by atoms with van der Waals surface area (Å²) in [5.41, 5.74) is 1.09. The van der Waals surface area contributed by atoms with Gasteiger partial charge in [-0.1, -0.05) is 43.2 Å². The highest BCUT2D eigenvalue weighted by atomic mass is 32.1. The summed E-state index contributed by atoms with van der Waals surface area (Å²) in [5.74, 6) is -0.609. The predicted molar refractivity (Wildman–Crippen MR) is 122 cm³/mol. The van der Waals surface area contributed by atoms with Gasteiger partial charge in [-0.05, 0) is 48.7 Å². The maximum atomic E-state index is 13.2. The number of H-pyrrole nitrogens is 1. The topological polar surface area (TPSA) is 86.9 Å². The van der Waals surface area contributed by atoms with Crippen molar-refractivity contribution in [2.24, 2.45) is 0 Å². The van der Waals surface area contributed by atoms with Gasteiger partial charge in [0, 0.05) is 5.56 Å². The van der Waals surface area contributed by atoms with Gasteiger partial charge in [-0.3, -0.25) is 14.7 Å². The van der Waals surface area contributed by atoms with Gasteiger partial charge < -0.3 is 10.6 Å². The minimum Gasteiger partial charge on any atom is -0.342 e. The first-order valence-corrected chi connectivity index (χ1v) is 11.3. The zero-order valence-electron chi connectivity index (χ0n) is 17.2. The first kappa shape index (κ1) is 20.4. The number of anilines is 1. The number of benzene rings is 2. The number of amides is 2. The van der Waals surface area contributed by atoms with E-state index in [1.165, 1.54) is 35.6 Å². The van der Waals surface area contributed by atoms with Gasteiger partial charge in [-0.15, -0.1) is 11.3 Å². The van der Waals surface area contributed by atoms with Crippen molar-refractivity contribution in [3.8, 4) is 0 Å². The molecule has 4 aromatic rings. The molecule has 32 heavy (non-hydrogen) atoms. The van der Waals surface area contributed by atoms with Gasteiger partial charge in [-0.25, -0.2) is 4.39 Å². The number of nitrogens with one attached hydrogen (secondary N) is 3. The molecule has 5 rings (SSSR count). The second kappa shape index (κ2) is 8.20. The van der Waals surface area contributed by atoms with Crippen LogP contribution >= 0.6 is 11.3 Å². The highest BCUT2D eigenvalue weighted by Gasteiger charge is 2.37. The van der Waals surface area contributed by atoms with Crippen molar-refractivity contribution in [2.75, 3.05) is 5.32 Å². The Balaban J connectivity index is 1.37. The average Bonchev–Trinajstić information content (AvgIpc) is 3.53. The third-order valence-electron chi connectivity index (χ3n) is 5.95. The number of thiophene rings is 1. The molecule has 0 radical (unpaired) electrons. The van der Waals surface area contributed by atoms with Crippen LogP contribution in [0.2, 0.25) is 0 Å². The van der Waals surface area contributed by atoms with Crippen LogP contribution in [-0.2, 0) is 5.54 Å². The number of aromatic amines is 1. The van der Waals surface area contributed by atoms with Crippen molar-refractivity contribution in [3.05, 3.63) is 82.5 Å². The van der Waals surface area contributed by atoms with Crippen molar-refractivity contribution >= 4 is 39.2 Å². The highest BCUT2D eigenvalue weighted by Crippen LogP contribution is 2.39. The molecule has 0 bridgehead atoms. The van der Waals surface area contributed by atoms with Crippen LogP contribution in [0.4, 0.5) is 10.2 Å². The van der Waals surface area contributed by atoms with E-state index < -0.39 is 11.7 Å². The number of halogens is 1. The van der Waals surface area contributed by atoms with Crippen LogP contribution in [0.5, 0.6) is 0 Å². The van der Waals surface area contributed by atoms with E-state index in [1.54, 1.807) is 6.07 Å². The van der Waals surface area contributed by atoms with E-state index in [0.717, 1.165) is 31.2 Å². The van der Waals surface area contributed by atoms with Crippen LogP contribution in [0.3, 0.4) is 0 Å². The van der Waals surface area contributed by atoms with Crippen molar-refractivity contribution in [3.63, 3.8) is 0 Å². The third kappa shape index (κ3) is 3.78. The molecule has 1 fully saturated rings. The molecule has 0 atom stereocenters. The van der Waals surface area contributed by atoms with Crippen LogP contribution in [0.25, 0.3) is 10.2 Å². The Labute approximate surface area is 187 Å². The number of aromatic nitrogens is 2. The molecule has 1 aliphatic rings. The minimum atomic E-state index is -0.410. The molecular weight excluding hydrogens is 427 g/mol. The van der Waals surface area contributed by atoms with Crippen LogP contribution in [0, 0.1) is 5.82 Å². The lowest BCUT2D eigenvalue weighted by Crippen LogP contribution is -2.43. The number of fused-ring (bicyclic) bond motifs is 1. The summed E-state index contributed by atoms with van der Waals surface area (Å²) in [7, 11) is 0. The van der Waals surface area contributed by atoms with Gasteiger partial charge in [0.15, 0.2) is 5.82 Å². The Bertz CT molecular complexity index is 1270. The van der Waals surface area contributed by atoms with Gasteiger partial charge in [0.05, 0.1) is 15.8 Å². The number of carbonyl (C=O) groups excluding carboxylic acids is 2. The summed E-state index contributed by atoms with van der Waals surface area (Å²) < 4.78 is 13.1. The van der Waals surface area contributed by atoms with Crippen LogP contribution in [0.15, 0.2) is 60.7 Å². The predicted octanol–water partition coefficient (Wildman–Crippen LogP) is 5.22. The standard InChI is InChI=1S/C24H21FN4O2S/c25-17-10-8-15(9-11-17)21(30)26-20-18-14-19(32-23(18)29-28-20)22(31)27-24(12-4-5-13-24)16-6-2-1-3-7-16/h1-3,6-11,14H,4-5,12-13H2,(H,27,31)(H2,26,28,29,30). The molecule has 0 unspecified atom stereocenters. The Kier molecular flexibility index (Phi) is 5.22. The van der Waals surface area contributed by atoms with Gasteiger partial charge >= 0.3 is 0 Å². The molecule has 2 heterocycles. The lowest BCUT2D eigenvalue weighted by atomic mass is 9.88. The van der Waals surface area contributed by atoms with E-state index in [4.69, 9.17) is 0 Å². The van der Waals surface area contributed by atoms with Crippen LogP contribution in [-0.4, -0.2) is 22.0 Å². The number of carbonyl (C=O) groups is 2. The second-order valence-electron chi connectivity index (χ2n) is 8.00. The fourth-order valence-electron chi connectivity index (χ4n) is 4.31. The van der Waals surface area contributed by atoms with Gasteiger partial charge in [0.2, 0.25) is 0 Å². The zero-order valence-corrected chi connectivity index (χ0v) is 18.0. The fourth-order valence-corrected chi connectivity index (χ4v) is 5.20. The van der Waals surface area contributed by atoms with E-state index in [-0.39, 0.29) is 11.4 Å². The van der Waals surface area contributed by atoms with E-state index >= 15 is 0 Å². The Hall–Kier alpha value is -3.52. The highest BCUT2D eigenvalue weighted by molar-refractivity contribution is 7.20. The molecule has 6 nitrogen and oxygen atoms in total. The Morgan fingerprint density at radius 1 is 1.00 bits per heavy atom. The minimum absolute atomic E-state index is 0.138. The molecule has 0 saturated heterocycles. The lowest BCUT2D eigenvalue weighted by molar-refractivity contribution is 0.0902. The monoisotopic (exact) mass is 448 g/mol. The summed E-state index contributed by atoms with van der Waals surface area (Å²) in [6, 6.07) is 17.1. The first-order valence-electron chi connectivity index (χ1n) is 10.5. The summed E-state index contributed by atoms with van der Waals surface area (Å²) in [4.78, 5) is 26.9. The molecule has 1 aliphatic carbocycles. The molecule has 1 saturated carbocycles. The number of hydrogen-bond donors (Lipinski definition) is 3. The van der Waals surface area contributed by atoms with Crippen molar-refractivity contribution in [1.82, 2.24) is 15.5 Å². The number of nitrogens with zero attached hydrogens (tertiary/aromatic N) is 1. The molecule has 162 valence electrons. The molecule has 2 amide bonds. The summed E-state index contributed by atoms with van der Waals surface area (Å²) in [6.45, 7) is 0. The van der Waals surface area contributed by atoms with E-state index in [2.05, 4.69) is 33.0 Å². The second-order valence-corrected chi connectivity index (χ2v) is 9.05. The average molecular weight is 449 g/mol. The van der Waals surface area contributed by atoms with Gasteiger partial charge in [0.25, 0.3) is 11.8 Å². The molecule has 2 aromatic heterocycles. The van der Waals surface area contributed by atoms with E-state index in [1.807, 2.05) is 18.2 Å². The molecule has 3 N–H and O–H groups in total. The Morgan fingerprint density at radius 3 is 2.44 bits per heavy atom. The van der Waals surface area contributed by atoms with Crippen molar-refractivity contribution < 1.29 is 14.0 Å². The molecular formula is C24H21FN4O2S. The first-order chi connectivity index (χ1) is 15.5. The van der Waals surface area contributed by atoms with Crippen molar-refractivity contribution in [1.29, 1.82) is 0 Å². The number of hydrogen-bond acceptors (Lipinski definition) is 4. The summed E-state index contributed by atoms with van der Waals surface area (Å²) in [5, 5.41) is 13.7. The van der Waals surface area contributed by atoms with Crippen molar-refractivity contribution in [2.45, 2.75) is 31.2 Å². The normalized spacial score (nSPS) is 15.0. The molecule has 2 aromatic carbocycles. The van der Waals surface area contributed by atoms with Crippen LogP contribution < -0.4 is 10.6 Å². The maximum absolute atomic E-state index is 13.2. The zero-order chi connectivity index (χ0) is 22.1. The van der Waals surface area contributed by atoms with Gasteiger partial charge in [-0.2, -0.15) is 5.10 Å². The third-order valence-corrected chi connectivity index (χ3v) is 6.99. The maximum Gasteiger partial charge on any atom is 0.262 e. The Morgan fingerprint density at radius 2 is 1.72 bits per heavy atom. The van der Waals surface area contributed by atoms with Crippen LogP contribution in [0.1, 0.15) is 51.3 Å². The lowest BCUT2D eigenvalue weighted by Gasteiger charge is -2.31. The van der Waals surface area contributed by atoms with Gasteiger partial charge in [0.1, 0.15) is 10.6 Å². The van der Waals surface area contributed by atoms with E-state index in [9.17, 15) is 14.0 Å². The fraction of sp³-hybridized carbons (Fsp3) is 0.208. The smallest absolute Gasteiger partial charge is 0.262 e. The number of rotatable bonds is 5. The largest absolute Gasteiger partial charge is 0.342 e. The SMILES string of the molecule is O=C(Nc1n[nH]c2sc(C(=O)NC3(c4ccccc4)CCCC3)cc12)c1ccc(F)cc1.